The lowest BCUT2D eigenvalue weighted by Crippen LogP contribution is -2.14. The van der Waals surface area contributed by atoms with E-state index in [0.717, 1.165) is 35.8 Å². The van der Waals surface area contributed by atoms with Crippen LogP contribution in [0.2, 0.25) is 0 Å². The van der Waals surface area contributed by atoms with Crippen LogP contribution in [0.4, 0.5) is 0 Å². The molecule has 1 aromatic rings. The molecule has 1 rings (SSSR count). The fraction of sp³-hybridized carbons (Fsp3) is 0.571. The molecule has 0 aromatic heterocycles. The van der Waals surface area contributed by atoms with Crippen molar-refractivity contribution in [3.8, 4) is 5.75 Å². The van der Waals surface area contributed by atoms with Crippen LogP contribution in [0.1, 0.15) is 23.6 Å². The summed E-state index contributed by atoms with van der Waals surface area (Å²) in [5.41, 5.74) is 8.53. The van der Waals surface area contributed by atoms with Crippen molar-refractivity contribution in [1.82, 2.24) is 0 Å². The Morgan fingerprint density at radius 1 is 1.33 bits per heavy atom. The van der Waals surface area contributed by atoms with E-state index in [1.54, 1.807) is 14.2 Å². The molecule has 0 heterocycles. The van der Waals surface area contributed by atoms with Gasteiger partial charge in [-0.1, -0.05) is 17.7 Å². The summed E-state index contributed by atoms with van der Waals surface area (Å²) in [5.74, 6) is 2.87. The molecule has 0 fully saturated rings. The summed E-state index contributed by atoms with van der Waals surface area (Å²) in [4.78, 5) is 0. The number of nitrogens with two attached hydrogens (primary N) is 1. The summed E-state index contributed by atoms with van der Waals surface area (Å²) in [5, 5.41) is 0. The summed E-state index contributed by atoms with van der Waals surface area (Å²) in [6.45, 7) is 2.89. The quantitative estimate of drug-likeness (QED) is 0.737. The van der Waals surface area contributed by atoms with Crippen LogP contribution in [0, 0.1) is 6.92 Å². The Kier molecular flexibility index (Phi) is 7.16. The molecule has 0 amide bonds. The van der Waals surface area contributed by atoms with Gasteiger partial charge in [-0.25, -0.2) is 0 Å². The van der Waals surface area contributed by atoms with Crippen molar-refractivity contribution < 1.29 is 9.47 Å². The highest BCUT2D eigenvalue weighted by Gasteiger charge is 2.12. The van der Waals surface area contributed by atoms with Crippen LogP contribution in [-0.4, -0.2) is 32.3 Å². The van der Waals surface area contributed by atoms with Crippen LogP contribution >= 0.6 is 11.8 Å². The predicted octanol–water partition coefficient (Wildman–Crippen LogP) is 2.77. The fourth-order valence-electron chi connectivity index (χ4n) is 1.75. The van der Waals surface area contributed by atoms with Gasteiger partial charge < -0.3 is 15.2 Å². The van der Waals surface area contributed by atoms with E-state index in [1.807, 2.05) is 23.9 Å². The number of ether oxygens (including phenoxy) is 2. The standard InChI is InChI=1S/C14H23NO2S/c1-11-5-6-14(17-3)12(9-11)13(15)10-18-8-4-7-16-2/h5-6,9,13H,4,7-8,10,15H2,1-3H3. The highest BCUT2D eigenvalue weighted by molar-refractivity contribution is 7.99. The first-order chi connectivity index (χ1) is 8.69. The normalized spacial score (nSPS) is 12.4. The Morgan fingerprint density at radius 2 is 2.11 bits per heavy atom. The zero-order chi connectivity index (χ0) is 13.4. The van der Waals surface area contributed by atoms with Crippen LogP contribution in [0.3, 0.4) is 0 Å². The summed E-state index contributed by atoms with van der Waals surface area (Å²) in [6, 6.07) is 6.16. The summed E-state index contributed by atoms with van der Waals surface area (Å²) < 4.78 is 10.4. The first-order valence-corrected chi connectivity index (χ1v) is 7.31. The first kappa shape index (κ1) is 15.3. The molecule has 1 unspecified atom stereocenters. The Bertz CT molecular complexity index is 358. The van der Waals surface area contributed by atoms with Gasteiger partial charge in [-0.15, -0.1) is 0 Å². The van der Waals surface area contributed by atoms with Gasteiger partial charge in [0.05, 0.1) is 7.11 Å². The van der Waals surface area contributed by atoms with E-state index in [9.17, 15) is 0 Å². The third kappa shape index (κ3) is 4.88. The van der Waals surface area contributed by atoms with E-state index >= 15 is 0 Å². The van der Waals surface area contributed by atoms with E-state index in [1.165, 1.54) is 5.56 Å². The molecule has 0 bridgehead atoms. The molecule has 0 saturated carbocycles. The van der Waals surface area contributed by atoms with Gasteiger partial charge in [-0.2, -0.15) is 11.8 Å². The molecule has 102 valence electrons. The smallest absolute Gasteiger partial charge is 0.123 e. The maximum absolute atomic E-state index is 6.22. The predicted molar refractivity (Wildman–Crippen MR) is 78.5 cm³/mol. The molecular weight excluding hydrogens is 246 g/mol. The lowest BCUT2D eigenvalue weighted by Gasteiger charge is -2.16. The Labute approximate surface area is 114 Å². The molecule has 3 nitrogen and oxygen atoms in total. The monoisotopic (exact) mass is 269 g/mol. The minimum Gasteiger partial charge on any atom is -0.496 e. The van der Waals surface area contributed by atoms with Crippen molar-refractivity contribution in [3.05, 3.63) is 29.3 Å². The second-order valence-corrected chi connectivity index (χ2v) is 5.42. The number of methoxy groups -OCH3 is 2. The number of hydrogen-bond donors (Lipinski definition) is 1. The average Bonchev–Trinajstić information content (AvgIpc) is 2.38. The zero-order valence-corrected chi connectivity index (χ0v) is 12.3. The molecular formula is C14H23NO2S. The highest BCUT2D eigenvalue weighted by Crippen LogP contribution is 2.27. The largest absolute Gasteiger partial charge is 0.496 e. The lowest BCUT2D eigenvalue weighted by molar-refractivity contribution is 0.200. The fourth-order valence-corrected chi connectivity index (χ4v) is 2.67. The Hall–Kier alpha value is -0.710. The molecule has 2 N–H and O–H groups in total. The van der Waals surface area contributed by atoms with Crippen LogP contribution < -0.4 is 10.5 Å². The molecule has 18 heavy (non-hydrogen) atoms. The van der Waals surface area contributed by atoms with E-state index in [4.69, 9.17) is 15.2 Å². The van der Waals surface area contributed by atoms with E-state index in [2.05, 4.69) is 13.0 Å². The van der Waals surface area contributed by atoms with Crippen LogP contribution in [0.15, 0.2) is 18.2 Å². The molecule has 0 radical (unpaired) electrons. The molecule has 0 aliphatic carbocycles. The first-order valence-electron chi connectivity index (χ1n) is 6.15. The average molecular weight is 269 g/mol. The van der Waals surface area contributed by atoms with Gasteiger partial charge in [0.2, 0.25) is 0 Å². The molecule has 1 atom stereocenters. The van der Waals surface area contributed by atoms with Crippen molar-refractivity contribution in [2.24, 2.45) is 5.73 Å². The van der Waals surface area contributed by atoms with Crippen molar-refractivity contribution in [1.29, 1.82) is 0 Å². The van der Waals surface area contributed by atoms with Gasteiger partial charge in [0.15, 0.2) is 0 Å². The molecule has 0 saturated heterocycles. The minimum absolute atomic E-state index is 0.0207. The third-order valence-corrected chi connectivity index (χ3v) is 3.89. The van der Waals surface area contributed by atoms with Crippen LogP contribution in [0.5, 0.6) is 5.75 Å². The van der Waals surface area contributed by atoms with E-state index < -0.39 is 0 Å². The highest BCUT2D eigenvalue weighted by atomic mass is 32.2. The molecule has 0 aliphatic heterocycles. The van der Waals surface area contributed by atoms with E-state index in [0.29, 0.717) is 0 Å². The number of rotatable bonds is 8. The van der Waals surface area contributed by atoms with Gasteiger partial charge >= 0.3 is 0 Å². The summed E-state index contributed by atoms with van der Waals surface area (Å²) in [7, 11) is 3.42. The Balaban J connectivity index is 2.49. The topological polar surface area (TPSA) is 44.5 Å². The van der Waals surface area contributed by atoms with Crippen molar-refractivity contribution >= 4 is 11.8 Å². The second kappa shape index (κ2) is 8.40. The molecule has 0 spiro atoms. The molecule has 1 aromatic carbocycles. The zero-order valence-electron chi connectivity index (χ0n) is 11.4. The number of benzene rings is 1. The second-order valence-electron chi connectivity index (χ2n) is 4.27. The minimum atomic E-state index is 0.0207. The number of thioether (sulfide) groups is 1. The molecule has 0 aliphatic rings. The molecule has 4 heteroatoms. The maximum Gasteiger partial charge on any atom is 0.123 e. The van der Waals surface area contributed by atoms with Crippen LogP contribution in [0.25, 0.3) is 0 Å². The number of hydrogen-bond acceptors (Lipinski definition) is 4. The summed E-state index contributed by atoms with van der Waals surface area (Å²) in [6.07, 6.45) is 1.07. The maximum atomic E-state index is 6.22. The van der Waals surface area contributed by atoms with E-state index in [-0.39, 0.29) is 6.04 Å². The van der Waals surface area contributed by atoms with Gasteiger partial charge in [-0.05, 0) is 25.2 Å². The van der Waals surface area contributed by atoms with Crippen LogP contribution in [-0.2, 0) is 4.74 Å². The number of aryl methyl sites for hydroxylation is 1. The van der Waals surface area contributed by atoms with Gasteiger partial charge in [0.25, 0.3) is 0 Å². The van der Waals surface area contributed by atoms with Crippen molar-refractivity contribution in [2.75, 3.05) is 32.3 Å². The van der Waals surface area contributed by atoms with Gasteiger partial charge in [0.1, 0.15) is 5.75 Å². The Morgan fingerprint density at radius 3 is 2.78 bits per heavy atom. The SMILES string of the molecule is COCCCSCC(N)c1cc(C)ccc1OC. The van der Waals surface area contributed by atoms with Gasteiger partial charge in [0, 0.05) is 31.1 Å². The third-order valence-electron chi connectivity index (χ3n) is 2.72. The lowest BCUT2D eigenvalue weighted by atomic mass is 10.1. The summed E-state index contributed by atoms with van der Waals surface area (Å²) >= 11 is 1.86. The van der Waals surface area contributed by atoms with Crippen molar-refractivity contribution in [3.63, 3.8) is 0 Å². The van der Waals surface area contributed by atoms with Gasteiger partial charge in [-0.3, -0.25) is 0 Å². The van der Waals surface area contributed by atoms with Crippen molar-refractivity contribution in [2.45, 2.75) is 19.4 Å².